The number of aryl methyl sites for hydroxylation is 1. The number of hydrazine groups is 1. The van der Waals surface area contributed by atoms with Gasteiger partial charge in [-0.3, -0.25) is 5.43 Å². The Morgan fingerprint density at radius 3 is 2.43 bits per heavy atom. The van der Waals surface area contributed by atoms with Gasteiger partial charge in [-0.15, -0.1) is 0 Å². The molecule has 0 atom stereocenters. The Morgan fingerprint density at radius 2 is 1.86 bits per heavy atom. The highest BCUT2D eigenvalue weighted by Gasteiger charge is 2.06. The van der Waals surface area contributed by atoms with Crippen molar-refractivity contribution in [2.75, 3.05) is 17.0 Å². The first-order valence-electron chi connectivity index (χ1n) is 6.23. The summed E-state index contributed by atoms with van der Waals surface area (Å²) in [6, 6.07) is 8.50. The third-order valence-electron chi connectivity index (χ3n) is 2.81. The van der Waals surface area contributed by atoms with E-state index < -0.39 is 9.84 Å². The summed E-state index contributed by atoms with van der Waals surface area (Å²) in [4.78, 5) is 8.57. The molecule has 0 aliphatic heterocycles. The number of sulfone groups is 1. The molecular formula is C13H17N5O2S. The van der Waals surface area contributed by atoms with Gasteiger partial charge in [0, 0.05) is 24.6 Å². The molecule has 21 heavy (non-hydrogen) atoms. The molecular weight excluding hydrogens is 290 g/mol. The van der Waals surface area contributed by atoms with Crippen LogP contribution in [0.15, 0.2) is 35.2 Å². The van der Waals surface area contributed by atoms with Gasteiger partial charge in [-0.1, -0.05) is 12.1 Å². The van der Waals surface area contributed by atoms with Gasteiger partial charge in [0.15, 0.2) is 9.84 Å². The molecule has 8 heteroatoms. The van der Waals surface area contributed by atoms with Crippen LogP contribution in [0.1, 0.15) is 11.3 Å². The molecule has 1 aromatic carbocycles. The normalized spacial score (nSPS) is 11.2. The maximum Gasteiger partial charge on any atom is 0.239 e. The first-order chi connectivity index (χ1) is 9.88. The van der Waals surface area contributed by atoms with Crippen LogP contribution in [0.3, 0.4) is 0 Å². The number of nitrogens with two attached hydrogens (primary N) is 1. The molecule has 1 heterocycles. The Hall–Kier alpha value is -2.19. The molecule has 0 aliphatic carbocycles. The zero-order valence-electron chi connectivity index (χ0n) is 11.8. The average Bonchev–Trinajstić information content (AvgIpc) is 2.44. The molecule has 7 nitrogen and oxygen atoms in total. The van der Waals surface area contributed by atoms with E-state index in [9.17, 15) is 8.42 Å². The molecule has 2 rings (SSSR count). The van der Waals surface area contributed by atoms with E-state index in [2.05, 4.69) is 20.7 Å². The number of nitrogens with one attached hydrogen (secondary N) is 2. The molecule has 112 valence electrons. The lowest BCUT2D eigenvalue weighted by atomic mass is 10.2. The molecule has 0 saturated carbocycles. The highest BCUT2D eigenvalue weighted by molar-refractivity contribution is 7.90. The standard InChI is InChI=1S/C13H17N5O2S/c1-9-7-12(17-13(16-9)18-14)15-8-10-3-5-11(6-4-10)21(2,19)20/h3-7H,8,14H2,1-2H3,(H2,15,16,17,18). The lowest BCUT2D eigenvalue weighted by Crippen LogP contribution is -2.12. The van der Waals surface area contributed by atoms with Crippen molar-refractivity contribution >= 4 is 21.6 Å². The Kier molecular flexibility index (Phi) is 4.39. The Bertz CT molecular complexity index is 729. The molecule has 0 fully saturated rings. The molecule has 0 amide bonds. The number of hydrogen-bond donors (Lipinski definition) is 3. The smallest absolute Gasteiger partial charge is 0.239 e. The number of aromatic nitrogens is 2. The molecule has 0 unspecified atom stereocenters. The van der Waals surface area contributed by atoms with Crippen LogP contribution in [0.25, 0.3) is 0 Å². The van der Waals surface area contributed by atoms with Crippen LogP contribution >= 0.6 is 0 Å². The van der Waals surface area contributed by atoms with E-state index in [1.54, 1.807) is 30.3 Å². The molecule has 2 aromatic rings. The highest BCUT2D eigenvalue weighted by atomic mass is 32.2. The third kappa shape index (κ3) is 4.14. The van der Waals surface area contributed by atoms with Crippen LogP contribution in [0.5, 0.6) is 0 Å². The van der Waals surface area contributed by atoms with Crippen molar-refractivity contribution in [3.8, 4) is 0 Å². The van der Waals surface area contributed by atoms with Gasteiger partial charge < -0.3 is 5.32 Å². The van der Waals surface area contributed by atoms with E-state index in [1.807, 2.05) is 6.92 Å². The summed E-state index contributed by atoms with van der Waals surface area (Å²) in [5.41, 5.74) is 4.13. The monoisotopic (exact) mass is 307 g/mol. The minimum Gasteiger partial charge on any atom is -0.366 e. The van der Waals surface area contributed by atoms with Gasteiger partial charge in [-0.05, 0) is 24.6 Å². The third-order valence-corrected chi connectivity index (χ3v) is 3.94. The quantitative estimate of drug-likeness (QED) is 0.560. The maximum absolute atomic E-state index is 11.4. The second-order valence-electron chi connectivity index (χ2n) is 4.63. The fourth-order valence-electron chi connectivity index (χ4n) is 1.77. The molecule has 0 bridgehead atoms. The first kappa shape index (κ1) is 15.2. The second kappa shape index (κ2) is 6.06. The summed E-state index contributed by atoms with van der Waals surface area (Å²) in [5, 5.41) is 3.14. The Balaban J connectivity index is 2.08. The van der Waals surface area contributed by atoms with Crippen molar-refractivity contribution in [1.29, 1.82) is 0 Å². The minimum atomic E-state index is -3.16. The number of nitrogens with zero attached hydrogens (tertiary/aromatic N) is 2. The SMILES string of the molecule is Cc1cc(NCc2ccc(S(C)(=O)=O)cc2)nc(NN)n1. The average molecular weight is 307 g/mol. The largest absolute Gasteiger partial charge is 0.366 e. The van der Waals surface area contributed by atoms with Gasteiger partial charge in [0.2, 0.25) is 5.95 Å². The van der Waals surface area contributed by atoms with Crippen LogP contribution < -0.4 is 16.6 Å². The second-order valence-corrected chi connectivity index (χ2v) is 6.65. The summed E-state index contributed by atoms with van der Waals surface area (Å²) in [5.74, 6) is 6.27. The van der Waals surface area contributed by atoms with Gasteiger partial charge in [-0.2, -0.15) is 4.98 Å². The summed E-state index contributed by atoms with van der Waals surface area (Å²) in [7, 11) is -3.16. The fraction of sp³-hybridized carbons (Fsp3) is 0.231. The van der Waals surface area contributed by atoms with E-state index in [0.717, 1.165) is 11.3 Å². The first-order valence-corrected chi connectivity index (χ1v) is 8.13. The summed E-state index contributed by atoms with van der Waals surface area (Å²) in [6.07, 6.45) is 1.19. The topological polar surface area (TPSA) is 110 Å². The van der Waals surface area contributed by atoms with Gasteiger partial charge in [0.1, 0.15) is 5.82 Å². The lowest BCUT2D eigenvalue weighted by molar-refractivity contribution is 0.602. The number of anilines is 2. The molecule has 1 aromatic heterocycles. The van der Waals surface area contributed by atoms with E-state index >= 15 is 0 Å². The van der Waals surface area contributed by atoms with Crippen LogP contribution in [0, 0.1) is 6.92 Å². The summed E-state index contributed by atoms with van der Waals surface area (Å²) < 4.78 is 22.8. The summed E-state index contributed by atoms with van der Waals surface area (Å²) in [6.45, 7) is 2.36. The maximum atomic E-state index is 11.4. The predicted molar refractivity (Wildman–Crippen MR) is 81.5 cm³/mol. The number of nitrogen functional groups attached to an aromatic ring is 1. The molecule has 0 aliphatic rings. The van der Waals surface area contributed by atoms with E-state index in [4.69, 9.17) is 5.84 Å². The van der Waals surface area contributed by atoms with Gasteiger partial charge >= 0.3 is 0 Å². The molecule has 0 saturated heterocycles. The number of benzene rings is 1. The number of rotatable bonds is 5. The van der Waals surface area contributed by atoms with Gasteiger partial charge in [0.25, 0.3) is 0 Å². The molecule has 0 spiro atoms. The van der Waals surface area contributed by atoms with Gasteiger partial charge in [0.05, 0.1) is 4.90 Å². The lowest BCUT2D eigenvalue weighted by Gasteiger charge is -2.08. The zero-order chi connectivity index (χ0) is 15.5. The summed E-state index contributed by atoms with van der Waals surface area (Å²) >= 11 is 0. The fourth-order valence-corrected chi connectivity index (χ4v) is 2.40. The Morgan fingerprint density at radius 1 is 1.19 bits per heavy atom. The Labute approximate surface area is 123 Å². The van der Waals surface area contributed by atoms with Crippen molar-refractivity contribution in [2.45, 2.75) is 18.4 Å². The zero-order valence-corrected chi connectivity index (χ0v) is 12.6. The van der Waals surface area contributed by atoms with Crippen LogP contribution in [0.4, 0.5) is 11.8 Å². The van der Waals surface area contributed by atoms with E-state index in [0.29, 0.717) is 23.2 Å². The van der Waals surface area contributed by atoms with Crippen molar-refractivity contribution in [3.05, 3.63) is 41.6 Å². The predicted octanol–water partition coefficient (Wildman–Crippen LogP) is 1.09. The van der Waals surface area contributed by atoms with Crippen molar-refractivity contribution in [3.63, 3.8) is 0 Å². The van der Waals surface area contributed by atoms with Gasteiger partial charge in [-0.25, -0.2) is 19.2 Å². The van der Waals surface area contributed by atoms with Crippen LogP contribution in [0.2, 0.25) is 0 Å². The number of hydrogen-bond acceptors (Lipinski definition) is 7. The van der Waals surface area contributed by atoms with Crippen molar-refractivity contribution in [1.82, 2.24) is 9.97 Å². The minimum absolute atomic E-state index is 0.304. The molecule has 0 radical (unpaired) electrons. The van der Waals surface area contributed by atoms with E-state index in [1.165, 1.54) is 6.26 Å². The van der Waals surface area contributed by atoms with Crippen LogP contribution in [-0.4, -0.2) is 24.6 Å². The van der Waals surface area contributed by atoms with Crippen molar-refractivity contribution < 1.29 is 8.42 Å². The van der Waals surface area contributed by atoms with Crippen LogP contribution in [-0.2, 0) is 16.4 Å². The van der Waals surface area contributed by atoms with Crippen molar-refractivity contribution in [2.24, 2.45) is 5.84 Å². The van der Waals surface area contributed by atoms with E-state index in [-0.39, 0.29) is 0 Å². The molecule has 4 N–H and O–H groups in total. The highest BCUT2D eigenvalue weighted by Crippen LogP contribution is 2.13.